The topological polar surface area (TPSA) is 30.0 Å². The molecule has 76 valence electrons. The van der Waals surface area contributed by atoms with Gasteiger partial charge in [-0.1, -0.05) is 0 Å². The van der Waals surface area contributed by atoms with Crippen molar-refractivity contribution >= 4 is 17.9 Å². The van der Waals surface area contributed by atoms with Gasteiger partial charge in [0.15, 0.2) is 6.29 Å². The van der Waals surface area contributed by atoms with E-state index in [1.54, 1.807) is 0 Å². The van der Waals surface area contributed by atoms with Crippen LogP contribution in [0.4, 0.5) is 13.2 Å². The zero-order chi connectivity index (χ0) is 10.7. The van der Waals surface area contributed by atoms with E-state index < -0.39 is 18.1 Å². The molecule has 0 spiro atoms. The van der Waals surface area contributed by atoms with Gasteiger partial charge in [-0.15, -0.1) is 11.6 Å². The van der Waals surface area contributed by atoms with Crippen LogP contribution in [0.15, 0.2) is 6.07 Å². The molecule has 0 amide bonds. The van der Waals surface area contributed by atoms with Crippen molar-refractivity contribution < 1.29 is 18.0 Å². The van der Waals surface area contributed by atoms with Gasteiger partial charge >= 0.3 is 0 Å². The molecule has 0 aromatic carbocycles. The molecule has 0 unspecified atom stereocenters. The largest absolute Gasteiger partial charge is 0.298 e. The van der Waals surface area contributed by atoms with Crippen molar-refractivity contribution in [3.05, 3.63) is 28.8 Å². The lowest BCUT2D eigenvalue weighted by Gasteiger charge is -2.07. The first-order chi connectivity index (χ1) is 6.60. The van der Waals surface area contributed by atoms with E-state index in [9.17, 15) is 18.0 Å². The van der Waals surface area contributed by atoms with E-state index in [4.69, 9.17) is 11.6 Å². The molecule has 0 aliphatic carbocycles. The fourth-order valence-corrected chi connectivity index (χ4v) is 1.30. The molecule has 0 bridgehead atoms. The first-order valence-corrected chi connectivity index (χ1v) is 4.12. The Hall–Kier alpha value is -1.10. The zero-order valence-electron chi connectivity index (χ0n) is 6.81. The van der Waals surface area contributed by atoms with Gasteiger partial charge < -0.3 is 0 Å². The Kier molecular flexibility index (Phi) is 3.46. The highest BCUT2D eigenvalue weighted by molar-refractivity contribution is 6.17. The van der Waals surface area contributed by atoms with Crippen LogP contribution in [0.1, 0.15) is 28.0 Å². The summed E-state index contributed by atoms with van der Waals surface area (Å²) in [5.74, 6) is -1.42. The van der Waals surface area contributed by atoms with Crippen molar-refractivity contribution in [3.63, 3.8) is 0 Å². The van der Waals surface area contributed by atoms with Gasteiger partial charge in [-0.2, -0.15) is 4.39 Å². The maximum Gasteiger partial charge on any atom is 0.280 e. The third-order valence-corrected chi connectivity index (χ3v) is 1.89. The Morgan fingerprint density at radius 1 is 1.57 bits per heavy atom. The van der Waals surface area contributed by atoms with E-state index in [-0.39, 0.29) is 23.3 Å². The number of hydrogen-bond donors (Lipinski definition) is 0. The fraction of sp³-hybridized carbons (Fsp3) is 0.250. The summed E-state index contributed by atoms with van der Waals surface area (Å²) in [6.07, 6.45) is -2.67. The number of aromatic nitrogens is 1. The number of rotatable bonds is 3. The minimum absolute atomic E-state index is 0.127. The summed E-state index contributed by atoms with van der Waals surface area (Å²) >= 11 is 5.36. The Morgan fingerprint density at radius 3 is 2.64 bits per heavy atom. The monoisotopic (exact) mass is 223 g/mol. The van der Waals surface area contributed by atoms with Gasteiger partial charge in [0.05, 0.1) is 5.88 Å². The van der Waals surface area contributed by atoms with Crippen LogP contribution in [0, 0.1) is 5.95 Å². The summed E-state index contributed by atoms with van der Waals surface area (Å²) in [4.78, 5) is 13.4. The lowest BCUT2D eigenvalue weighted by molar-refractivity contribution is 0.112. The fourth-order valence-electron chi connectivity index (χ4n) is 1.01. The van der Waals surface area contributed by atoms with E-state index in [1.165, 1.54) is 0 Å². The van der Waals surface area contributed by atoms with Crippen LogP contribution in [0.25, 0.3) is 0 Å². The van der Waals surface area contributed by atoms with Crippen LogP contribution < -0.4 is 0 Å². The summed E-state index contributed by atoms with van der Waals surface area (Å²) in [5, 5.41) is 0. The minimum atomic E-state index is -2.95. The predicted octanol–water partition coefficient (Wildman–Crippen LogP) is 2.71. The van der Waals surface area contributed by atoms with Crippen molar-refractivity contribution in [2.75, 3.05) is 0 Å². The van der Waals surface area contributed by atoms with Crippen molar-refractivity contribution in [3.8, 4) is 0 Å². The summed E-state index contributed by atoms with van der Waals surface area (Å²) in [6.45, 7) is 0. The molecule has 1 rings (SSSR count). The van der Waals surface area contributed by atoms with Gasteiger partial charge in [0, 0.05) is 17.2 Å². The highest BCUT2D eigenvalue weighted by Gasteiger charge is 2.19. The van der Waals surface area contributed by atoms with Crippen LogP contribution in [0.5, 0.6) is 0 Å². The summed E-state index contributed by atoms with van der Waals surface area (Å²) in [7, 11) is 0. The van der Waals surface area contributed by atoms with Gasteiger partial charge in [-0.3, -0.25) is 4.79 Å². The molecule has 0 aliphatic heterocycles. The van der Waals surface area contributed by atoms with Gasteiger partial charge in [0.2, 0.25) is 5.95 Å². The summed E-state index contributed by atoms with van der Waals surface area (Å²) < 4.78 is 37.3. The van der Waals surface area contributed by atoms with Crippen molar-refractivity contribution in [1.82, 2.24) is 4.98 Å². The quantitative estimate of drug-likeness (QED) is 0.448. The van der Waals surface area contributed by atoms with Gasteiger partial charge in [0.25, 0.3) is 6.43 Å². The van der Waals surface area contributed by atoms with E-state index in [0.717, 1.165) is 6.07 Å². The highest BCUT2D eigenvalue weighted by atomic mass is 35.5. The standard InChI is InChI=1S/C8H5ClF3NO/c9-2-5-4(3-14)1-6(10)13-7(5)8(11)12/h1,3,8H,2H2. The average molecular weight is 224 g/mol. The second-order valence-corrected chi connectivity index (χ2v) is 2.72. The van der Waals surface area contributed by atoms with Gasteiger partial charge in [0.1, 0.15) is 5.69 Å². The van der Waals surface area contributed by atoms with Crippen LogP contribution in [0.2, 0.25) is 0 Å². The molecule has 0 saturated carbocycles. The first-order valence-electron chi connectivity index (χ1n) is 3.58. The molecular weight excluding hydrogens is 219 g/mol. The normalized spacial score (nSPS) is 10.6. The third-order valence-electron chi connectivity index (χ3n) is 1.63. The zero-order valence-corrected chi connectivity index (χ0v) is 7.56. The van der Waals surface area contributed by atoms with Crippen LogP contribution >= 0.6 is 11.6 Å². The lowest BCUT2D eigenvalue weighted by Crippen LogP contribution is -2.04. The number of nitrogens with zero attached hydrogens (tertiary/aromatic N) is 1. The lowest BCUT2D eigenvalue weighted by atomic mass is 10.1. The summed E-state index contributed by atoms with van der Waals surface area (Å²) in [5.41, 5.74) is -1.09. The SMILES string of the molecule is O=Cc1cc(F)nc(C(F)F)c1CCl. The van der Waals surface area contributed by atoms with Gasteiger partial charge in [-0.25, -0.2) is 13.8 Å². The maximum absolute atomic E-state index is 12.6. The first kappa shape index (κ1) is 11.0. The average Bonchev–Trinajstić information content (AvgIpc) is 2.16. The summed E-state index contributed by atoms with van der Waals surface area (Å²) in [6, 6.07) is 0.774. The van der Waals surface area contributed by atoms with Crippen LogP contribution in [-0.4, -0.2) is 11.3 Å². The van der Waals surface area contributed by atoms with Crippen LogP contribution in [0.3, 0.4) is 0 Å². The Bertz CT molecular complexity index is 357. The Labute approximate surface area is 82.7 Å². The number of carbonyl (C=O) groups excluding carboxylic acids is 1. The second kappa shape index (κ2) is 4.41. The van der Waals surface area contributed by atoms with E-state index in [0.29, 0.717) is 0 Å². The molecule has 1 aromatic rings. The molecule has 0 atom stereocenters. The smallest absolute Gasteiger partial charge is 0.280 e. The molecule has 1 heterocycles. The number of aldehydes is 1. The molecule has 0 radical (unpaired) electrons. The van der Waals surface area contributed by atoms with Gasteiger partial charge in [-0.05, 0) is 0 Å². The Morgan fingerprint density at radius 2 is 2.21 bits per heavy atom. The maximum atomic E-state index is 12.6. The number of hydrogen-bond acceptors (Lipinski definition) is 2. The number of pyridine rings is 1. The van der Waals surface area contributed by atoms with E-state index in [2.05, 4.69) is 4.98 Å². The number of carbonyl (C=O) groups is 1. The molecule has 0 saturated heterocycles. The van der Waals surface area contributed by atoms with Crippen molar-refractivity contribution in [2.45, 2.75) is 12.3 Å². The number of halogens is 4. The third kappa shape index (κ3) is 2.04. The predicted molar refractivity (Wildman–Crippen MR) is 44.1 cm³/mol. The van der Waals surface area contributed by atoms with E-state index in [1.807, 2.05) is 0 Å². The van der Waals surface area contributed by atoms with Crippen LogP contribution in [-0.2, 0) is 5.88 Å². The van der Waals surface area contributed by atoms with Crippen molar-refractivity contribution in [1.29, 1.82) is 0 Å². The molecule has 14 heavy (non-hydrogen) atoms. The molecule has 0 aliphatic rings. The van der Waals surface area contributed by atoms with Crippen molar-refractivity contribution in [2.24, 2.45) is 0 Å². The number of alkyl halides is 3. The molecule has 1 aromatic heterocycles. The molecule has 0 N–H and O–H groups in total. The van der Waals surface area contributed by atoms with E-state index >= 15 is 0 Å². The molecule has 2 nitrogen and oxygen atoms in total. The molecular formula is C8H5ClF3NO. The second-order valence-electron chi connectivity index (χ2n) is 2.45. The molecule has 0 fully saturated rings. The molecule has 6 heteroatoms. The Balaban J connectivity index is 3.39. The highest BCUT2D eigenvalue weighted by Crippen LogP contribution is 2.24. The minimum Gasteiger partial charge on any atom is -0.298 e.